The summed E-state index contributed by atoms with van der Waals surface area (Å²) in [6.07, 6.45) is 1.19. The van der Waals surface area contributed by atoms with Crippen molar-refractivity contribution in [2.24, 2.45) is 0 Å². The molecule has 0 heterocycles. The van der Waals surface area contributed by atoms with Crippen molar-refractivity contribution in [2.45, 2.75) is 39.1 Å². The summed E-state index contributed by atoms with van der Waals surface area (Å²) in [6, 6.07) is 0. The Balaban J connectivity index is 4.48. The number of ether oxygens (including phenoxy) is 2. The SMILES string of the molecule is CCC(OC(=O)C=CC(=O)OC)C(=O)O[Si](C)(C)C. The number of hydrogen-bond donors (Lipinski definition) is 0. The first-order valence-electron chi connectivity index (χ1n) is 5.89. The largest absolute Gasteiger partial charge is 0.517 e. The summed E-state index contributed by atoms with van der Waals surface area (Å²) in [6.45, 7) is 7.28. The van der Waals surface area contributed by atoms with Crippen LogP contribution in [-0.2, 0) is 28.3 Å². The van der Waals surface area contributed by atoms with E-state index < -0.39 is 32.3 Å². The van der Waals surface area contributed by atoms with Crippen LogP contribution in [0.25, 0.3) is 0 Å². The van der Waals surface area contributed by atoms with E-state index in [0.717, 1.165) is 12.2 Å². The minimum absolute atomic E-state index is 0.307. The lowest BCUT2D eigenvalue weighted by molar-refractivity contribution is -0.159. The van der Waals surface area contributed by atoms with Gasteiger partial charge in [0.2, 0.25) is 8.32 Å². The maximum atomic E-state index is 11.7. The lowest BCUT2D eigenvalue weighted by atomic mass is 10.3. The zero-order valence-corrected chi connectivity index (χ0v) is 12.9. The number of carbonyl (C=O) groups is 3. The second-order valence-electron chi connectivity index (χ2n) is 4.72. The Morgan fingerprint density at radius 2 is 1.63 bits per heavy atom. The van der Waals surface area contributed by atoms with E-state index in [1.54, 1.807) is 6.92 Å². The zero-order chi connectivity index (χ0) is 15.1. The van der Waals surface area contributed by atoms with Crippen LogP contribution < -0.4 is 0 Å². The van der Waals surface area contributed by atoms with E-state index in [4.69, 9.17) is 9.16 Å². The van der Waals surface area contributed by atoms with E-state index in [2.05, 4.69) is 4.74 Å². The van der Waals surface area contributed by atoms with Gasteiger partial charge in [0.25, 0.3) is 0 Å². The van der Waals surface area contributed by atoms with Crippen LogP contribution in [0.3, 0.4) is 0 Å². The van der Waals surface area contributed by atoms with Gasteiger partial charge in [0.05, 0.1) is 7.11 Å². The second-order valence-corrected chi connectivity index (χ2v) is 9.15. The van der Waals surface area contributed by atoms with Crippen LogP contribution in [0.2, 0.25) is 19.6 Å². The Labute approximate surface area is 113 Å². The third-order valence-electron chi connectivity index (χ3n) is 1.86. The standard InChI is InChI=1S/C12H20O6Si/c1-6-9(12(15)18-19(3,4)5)17-11(14)8-7-10(13)16-2/h7-9H,6H2,1-5H3. The van der Waals surface area contributed by atoms with Crippen LogP contribution >= 0.6 is 0 Å². The number of carbonyl (C=O) groups excluding carboxylic acids is 3. The summed E-state index contributed by atoms with van der Waals surface area (Å²) < 4.78 is 14.5. The highest BCUT2D eigenvalue weighted by molar-refractivity contribution is 6.71. The monoisotopic (exact) mass is 288 g/mol. The summed E-state index contributed by atoms with van der Waals surface area (Å²) >= 11 is 0. The summed E-state index contributed by atoms with van der Waals surface area (Å²) in [5, 5.41) is 0. The normalized spacial score (nSPS) is 12.9. The van der Waals surface area contributed by atoms with Crippen molar-refractivity contribution >= 4 is 26.2 Å². The Morgan fingerprint density at radius 3 is 2.05 bits per heavy atom. The highest BCUT2D eigenvalue weighted by Gasteiger charge is 2.27. The summed E-state index contributed by atoms with van der Waals surface area (Å²) in [4.78, 5) is 33.9. The van der Waals surface area contributed by atoms with Gasteiger partial charge < -0.3 is 13.9 Å². The van der Waals surface area contributed by atoms with Gasteiger partial charge in [-0.3, -0.25) is 0 Å². The average molecular weight is 288 g/mol. The van der Waals surface area contributed by atoms with Crippen molar-refractivity contribution < 1.29 is 28.3 Å². The molecule has 0 aromatic carbocycles. The van der Waals surface area contributed by atoms with Crippen molar-refractivity contribution in [3.05, 3.63) is 12.2 Å². The van der Waals surface area contributed by atoms with E-state index in [1.807, 2.05) is 19.6 Å². The first-order chi connectivity index (χ1) is 8.69. The van der Waals surface area contributed by atoms with E-state index in [9.17, 15) is 14.4 Å². The molecule has 0 spiro atoms. The highest BCUT2D eigenvalue weighted by Crippen LogP contribution is 2.09. The number of hydrogen-bond acceptors (Lipinski definition) is 6. The quantitative estimate of drug-likeness (QED) is 0.418. The molecule has 0 saturated carbocycles. The Kier molecular flexibility index (Phi) is 7.06. The number of esters is 2. The molecule has 0 radical (unpaired) electrons. The van der Waals surface area contributed by atoms with E-state index >= 15 is 0 Å². The molecule has 0 fully saturated rings. The molecule has 0 amide bonds. The van der Waals surface area contributed by atoms with Crippen molar-refractivity contribution in [1.82, 2.24) is 0 Å². The van der Waals surface area contributed by atoms with Gasteiger partial charge in [-0.25, -0.2) is 14.4 Å². The third-order valence-corrected chi connectivity index (χ3v) is 2.67. The number of methoxy groups -OCH3 is 1. The fourth-order valence-corrected chi connectivity index (χ4v) is 1.78. The van der Waals surface area contributed by atoms with E-state index in [0.29, 0.717) is 6.42 Å². The molecule has 0 aromatic heterocycles. The van der Waals surface area contributed by atoms with Crippen LogP contribution in [0.4, 0.5) is 0 Å². The Hall–Kier alpha value is -1.63. The molecule has 0 aliphatic rings. The molecule has 0 rings (SSSR count). The molecule has 0 aliphatic carbocycles. The van der Waals surface area contributed by atoms with Crippen LogP contribution in [0, 0.1) is 0 Å². The maximum absolute atomic E-state index is 11.7. The molecule has 0 saturated heterocycles. The fraction of sp³-hybridized carbons (Fsp3) is 0.583. The average Bonchev–Trinajstić information content (AvgIpc) is 2.30. The van der Waals surface area contributed by atoms with Gasteiger partial charge >= 0.3 is 17.9 Å². The van der Waals surface area contributed by atoms with Crippen molar-refractivity contribution in [3.63, 3.8) is 0 Å². The van der Waals surface area contributed by atoms with E-state index in [-0.39, 0.29) is 0 Å². The molecule has 0 bridgehead atoms. The van der Waals surface area contributed by atoms with Crippen molar-refractivity contribution in [3.8, 4) is 0 Å². The summed E-state index contributed by atoms with van der Waals surface area (Å²) in [5.74, 6) is -2.01. The summed E-state index contributed by atoms with van der Waals surface area (Å²) in [5.41, 5.74) is 0. The van der Waals surface area contributed by atoms with Crippen molar-refractivity contribution in [2.75, 3.05) is 7.11 Å². The molecule has 1 atom stereocenters. The van der Waals surface area contributed by atoms with Crippen LogP contribution in [0.15, 0.2) is 12.2 Å². The van der Waals surface area contributed by atoms with Crippen LogP contribution in [-0.4, -0.2) is 39.4 Å². The third kappa shape index (κ3) is 8.14. The van der Waals surface area contributed by atoms with Gasteiger partial charge in [-0.2, -0.15) is 0 Å². The molecule has 1 unspecified atom stereocenters. The highest BCUT2D eigenvalue weighted by atomic mass is 28.4. The second kappa shape index (κ2) is 7.73. The Morgan fingerprint density at radius 1 is 1.11 bits per heavy atom. The minimum atomic E-state index is -2.03. The van der Waals surface area contributed by atoms with Crippen LogP contribution in [0.5, 0.6) is 0 Å². The van der Waals surface area contributed by atoms with Gasteiger partial charge in [0.1, 0.15) is 0 Å². The molecule has 19 heavy (non-hydrogen) atoms. The van der Waals surface area contributed by atoms with Gasteiger partial charge in [-0.1, -0.05) is 6.92 Å². The van der Waals surface area contributed by atoms with Crippen molar-refractivity contribution in [1.29, 1.82) is 0 Å². The lowest BCUT2D eigenvalue weighted by Gasteiger charge is -2.21. The molecule has 0 N–H and O–H groups in total. The van der Waals surface area contributed by atoms with Gasteiger partial charge in [-0.15, -0.1) is 0 Å². The molecule has 108 valence electrons. The van der Waals surface area contributed by atoms with Gasteiger partial charge in [0, 0.05) is 12.2 Å². The zero-order valence-electron chi connectivity index (χ0n) is 11.9. The number of rotatable bonds is 6. The van der Waals surface area contributed by atoms with E-state index in [1.165, 1.54) is 7.11 Å². The molecule has 7 heteroatoms. The molecule has 0 aromatic rings. The predicted octanol–water partition coefficient (Wildman–Crippen LogP) is 1.42. The molecular formula is C12H20O6Si. The topological polar surface area (TPSA) is 78.9 Å². The van der Waals surface area contributed by atoms with Crippen LogP contribution in [0.1, 0.15) is 13.3 Å². The molecule has 0 aliphatic heterocycles. The predicted molar refractivity (Wildman–Crippen MR) is 70.8 cm³/mol. The lowest BCUT2D eigenvalue weighted by Crippen LogP contribution is -2.37. The van der Waals surface area contributed by atoms with Gasteiger partial charge in [-0.05, 0) is 26.1 Å². The molecular weight excluding hydrogens is 268 g/mol. The first kappa shape index (κ1) is 17.4. The van der Waals surface area contributed by atoms with Gasteiger partial charge in [0.15, 0.2) is 6.10 Å². The fourth-order valence-electron chi connectivity index (χ4n) is 1.05. The first-order valence-corrected chi connectivity index (χ1v) is 9.30. The Bertz CT molecular complexity index is 369. The minimum Gasteiger partial charge on any atom is -0.517 e. The maximum Gasteiger partial charge on any atom is 0.334 e. The summed E-state index contributed by atoms with van der Waals surface area (Å²) in [7, 11) is -0.833. The molecule has 6 nitrogen and oxygen atoms in total. The smallest absolute Gasteiger partial charge is 0.334 e.